The van der Waals surface area contributed by atoms with Crippen LogP contribution in [0.2, 0.25) is 0 Å². The fraction of sp³-hybridized carbons (Fsp3) is 0. The van der Waals surface area contributed by atoms with Gasteiger partial charge in [-0.25, -0.2) is 15.0 Å². The maximum Gasteiger partial charge on any atom is 0.164 e. The zero-order valence-corrected chi connectivity index (χ0v) is 30.2. The van der Waals surface area contributed by atoms with Crippen LogP contribution in [0.25, 0.3) is 106 Å². The Hall–Kier alpha value is -7.63. The normalized spacial score (nSPS) is 11.6. The van der Waals surface area contributed by atoms with Gasteiger partial charge in [-0.05, 0) is 58.7 Å². The molecule has 0 fully saturated rings. The molecule has 56 heavy (non-hydrogen) atoms. The summed E-state index contributed by atoms with van der Waals surface area (Å²) in [6.07, 6.45) is 0. The van der Waals surface area contributed by atoms with E-state index in [-0.39, 0.29) is 0 Å². The van der Waals surface area contributed by atoms with Gasteiger partial charge in [0.05, 0.1) is 11.0 Å². The van der Waals surface area contributed by atoms with Gasteiger partial charge in [-0.2, -0.15) is 0 Å². The van der Waals surface area contributed by atoms with Crippen LogP contribution in [0.4, 0.5) is 0 Å². The topological polar surface area (TPSA) is 56.7 Å². The van der Waals surface area contributed by atoms with Crippen molar-refractivity contribution in [3.63, 3.8) is 0 Å². The van der Waals surface area contributed by atoms with Gasteiger partial charge in [-0.15, -0.1) is 0 Å². The molecule has 3 aromatic heterocycles. The molecule has 0 N–H and O–H groups in total. The Bertz CT molecular complexity index is 3160. The molecule has 0 unspecified atom stereocenters. The third kappa shape index (κ3) is 5.37. The zero-order chi connectivity index (χ0) is 37.0. The van der Waals surface area contributed by atoms with E-state index in [0.717, 1.165) is 71.9 Å². The van der Waals surface area contributed by atoms with Crippen molar-refractivity contribution in [1.29, 1.82) is 0 Å². The van der Waals surface area contributed by atoms with Gasteiger partial charge in [0.1, 0.15) is 5.58 Å². The summed E-state index contributed by atoms with van der Waals surface area (Å²) in [6, 6.07) is 67.5. The van der Waals surface area contributed by atoms with Crippen molar-refractivity contribution in [3.8, 4) is 62.1 Å². The highest BCUT2D eigenvalue weighted by Crippen LogP contribution is 2.41. The summed E-state index contributed by atoms with van der Waals surface area (Å²) in [5.41, 5.74) is 12.3. The maximum atomic E-state index is 6.93. The Morgan fingerprint density at radius 1 is 0.339 bits per heavy atom. The molecule has 0 aliphatic heterocycles. The minimum absolute atomic E-state index is 0.591. The van der Waals surface area contributed by atoms with E-state index in [1.54, 1.807) is 0 Å². The lowest BCUT2D eigenvalue weighted by Gasteiger charge is -2.11. The molecule has 11 aromatic rings. The summed E-state index contributed by atoms with van der Waals surface area (Å²) >= 11 is 0. The molecule has 0 atom stereocenters. The fourth-order valence-electron chi connectivity index (χ4n) is 7.94. The van der Waals surface area contributed by atoms with Gasteiger partial charge in [0.25, 0.3) is 0 Å². The first kappa shape index (κ1) is 31.9. The first-order chi connectivity index (χ1) is 27.7. The Morgan fingerprint density at radius 2 is 0.839 bits per heavy atom. The molecule has 262 valence electrons. The molecule has 5 nitrogen and oxygen atoms in total. The standard InChI is InChI=1S/C51H32N4O/c1-4-13-33(14-5-1)34-23-25-35(26-24-34)38-19-12-20-40(31-38)55-45-22-11-10-21-41(45)43-29-30-44-42-28-27-39(32-46(42)56-48(44)47(43)55)51-53-49(36-15-6-2-7-16-36)52-50(54-51)37-17-8-3-9-18-37/h1-32H. The van der Waals surface area contributed by atoms with Crippen LogP contribution in [0.1, 0.15) is 0 Å². The average Bonchev–Trinajstić information content (AvgIpc) is 3.83. The third-order valence-corrected chi connectivity index (χ3v) is 10.7. The monoisotopic (exact) mass is 716 g/mol. The van der Waals surface area contributed by atoms with Crippen molar-refractivity contribution >= 4 is 43.7 Å². The highest BCUT2D eigenvalue weighted by molar-refractivity contribution is 6.21. The summed E-state index contributed by atoms with van der Waals surface area (Å²) in [7, 11) is 0. The highest BCUT2D eigenvalue weighted by Gasteiger charge is 2.20. The number of aromatic nitrogens is 4. The predicted molar refractivity (Wildman–Crippen MR) is 229 cm³/mol. The number of rotatable bonds is 6. The van der Waals surface area contributed by atoms with Crippen LogP contribution in [-0.4, -0.2) is 19.5 Å². The molecule has 0 saturated heterocycles. The molecule has 0 bridgehead atoms. The summed E-state index contributed by atoms with van der Waals surface area (Å²) in [5.74, 6) is 1.84. The van der Waals surface area contributed by atoms with E-state index in [2.05, 4.69) is 138 Å². The van der Waals surface area contributed by atoms with Gasteiger partial charge in [0.15, 0.2) is 23.1 Å². The van der Waals surface area contributed by atoms with E-state index >= 15 is 0 Å². The second-order valence-corrected chi connectivity index (χ2v) is 14.0. The minimum Gasteiger partial charge on any atom is -0.454 e. The number of hydrogen-bond donors (Lipinski definition) is 0. The summed E-state index contributed by atoms with van der Waals surface area (Å²) in [5, 5.41) is 4.41. The van der Waals surface area contributed by atoms with Gasteiger partial charge in [0.2, 0.25) is 0 Å². The molecule has 11 rings (SSSR count). The SMILES string of the molecule is c1ccc(-c2ccc(-c3cccc(-n4c5ccccc5c5ccc6c7ccc(-c8nc(-c9ccccc9)nc(-c9ccccc9)n8)cc7oc6c54)c3)cc2)cc1. The minimum atomic E-state index is 0.591. The van der Waals surface area contributed by atoms with Crippen molar-refractivity contribution in [2.45, 2.75) is 0 Å². The van der Waals surface area contributed by atoms with Crippen molar-refractivity contribution in [1.82, 2.24) is 19.5 Å². The Kier molecular flexibility index (Phi) is 7.42. The number of nitrogens with zero attached hydrogens (tertiary/aromatic N) is 4. The van der Waals surface area contributed by atoms with E-state index in [0.29, 0.717) is 17.5 Å². The molecule has 0 spiro atoms. The van der Waals surface area contributed by atoms with E-state index in [9.17, 15) is 0 Å². The van der Waals surface area contributed by atoms with Crippen molar-refractivity contribution in [2.75, 3.05) is 0 Å². The average molecular weight is 717 g/mol. The molecule has 5 heteroatoms. The molecule has 0 radical (unpaired) electrons. The smallest absolute Gasteiger partial charge is 0.164 e. The molecule has 8 aromatic carbocycles. The van der Waals surface area contributed by atoms with Crippen molar-refractivity contribution in [2.24, 2.45) is 0 Å². The largest absolute Gasteiger partial charge is 0.454 e. The molecule has 3 heterocycles. The predicted octanol–water partition coefficient (Wildman–Crippen LogP) is 13.2. The zero-order valence-electron chi connectivity index (χ0n) is 30.2. The van der Waals surface area contributed by atoms with E-state index < -0.39 is 0 Å². The Balaban J connectivity index is 1.07. The van der Waals surface area contributed by atoms with Crippen LogP contribution >= 0.6 is 0 Å². The molecule has 0 amide bonds. The maximum absolute atomic E-state index is 6.93. The second-order valence-electron chi connectivity index (χ2n) is 14.0. The number of furan rings is 1. The molecular weight excluding hydrogens is 685 g/mol. The first-order valence-electron chi connectivity index (χ1n) is 18.8. The summed E-state index contributed by atoms with van der Waals surface area (Å²) < 4.78 is 9.28. The molecule has 0 aliphatic rings. The van der Waals surface area contributed by atoms with Gasteiger partial charge in [-0.3, -0.25) is 0 Å². The van der Waals surface area contributed by atoms with E-state index in [1.807, 2.05) is 60.7 Å². The number of para-hydroxylation sites is 1. The van der Waals surface area contributed by atoms with Crippen LogP contribution in [0, 0.1) is 0 Å². The molecule has 0 saturated carbocycles. The molecular formula is C51H32N4O. The highest BCUT2D eigenvalue weighted by atomic mass is 16.3. The molecule has 0 aliphatic carbocycles. The third-order valence-electron chi connectivity index (χ3n) is 10.7. The van der Waals surface area contributed by atoms with Crippen molar-refractivity contribution in [3.05, 3.63) is 194 Å². The second kappa shape index (κ2) is 13.0. The number of fused-ring (bicyclic) bond motifs is 7. The lowest BCUT2D eigenvalue weighted by atomic mass is 10.00. The van der Waals surface area contributed by atoms with Gasteiger partial charge >= 0.3 is 0 Å². The summed E-state index contributed by atoms with van der Waals surface area (Å²) in [4.78, 5) is 14.8. The van der Waals surface area contributed by atoms with Crippen LogP contribution in [0.15, 0.2) is 199 Å². The van der Waals surface area contributed by atoms with Crippen LogP contribution in [-0.2, 0) is 0 Å². The van der Waals surface area contributed by atoms with Gasteiger partial charge in [0, 0.05) is 43.9 Å². The lowest BCUT2D eigenvalue weighted by Crippen LogP contribution is -2.00. The van der Waals surface area contributed by atoms with Crippen LogP contribution < -0.4 is 0 Å². The van der Waals surface area contributed by atoms with E-state index in [4.69, 9.17) is 19.4 Å². The quantitative estimate of drug-likeness (QED) is 0.172. The van der Waals surface area contributed by atoms with E-state index in [1.165, 1.54) is 16.5 Å². The first-order valence-corrected chi connectivity index (χ1v) is 18.8. The van der Waals surface area contributed by atoms with Crippen molar-refractivity contribution < 1.29 is 4.42 Å². The summed E-state index contributed by atoms with van der Waals surface area (Å²) in [6.45, 7) is 0. The van der Waals surface area contributed by atoms with Gasteiger partial charge in [-0.1, -0.05) is 158 Å². The Labute approximate surface area is 322 Å². The lowest BCUT2D eigenvalue weighted by molar-refractivity contribution is 0.671. The number of benzene rings is 8. The Morgan fingerprint density at radius 3 is 1.52 bits per heavy atom. The van der Waals surface area contributed by atoms with Crippen LogP contribution in [0.5, 0.6) is 0 Å². The fourth-order valence-corrected chi connectivity index (χ4v) is 7.94. The number of hydrogen-bond acceptors (Lipinski definition) is 4. The van der Waals surface area contributed by atoms with Crippen LogP contribution in [0.3, 0.4) is 0 Å². The van der Waals surface area contributed by atoms with Gasteiger partial charge < -0.3 is 8.98 Å².